The highest BCUT2D eigenvalue weighted by atomic mass is 16.5. The van der Waals surface area contributed by atoms with E-state index >= 15 is 0 Å². The van der Waals surface area contributed by atoms with Gasteiger partial charge in [0.1, 0.15) is 6.10 Å². The molecule has 1 amide bonds. The van der Waals surface area contributed by atoms with E-state index in [1.807, 2.05) is 31.2 Å². The molecule has 1 aromatic carbocycles. The van der Waals surface area contributed by atoms with Gasteiger partial charge in [-0.2, -0.15) is 0 Å². The third kappa shape index (κ3) is 3.36. The molecule has 5 nitrogen and oxygen atoms in total. The quantitative estimate of drug-likeness (QED) is 0.606. The van der Waals surface area contributed by atoms with Gasteiger partial charge in [-0.25, -0.2) is 4.79 Å². The molecule has 1 heterocycles. The molecule has 0 saturated carbocycles. The minimum atomic E-state index is -0.794. The summed E-state index contributed by atoms with van der Waals surface area (Å²) in [7, 11) is 0. The Morgan fingerprint density at radius 2 is 2.05 bits per heavy atom. The van der Waals surface area contributed by atoms with Crippen LogP contribution in [0, 0.1) is 6.92 Å². The fourth-order valence-electron chi connectivity index (χ4n) is 2.14. The molecule has 1 atom stereocenters. The minimum absolute atomic E-state index is 0.192. The minimum Gasteiger partial charge on any atom is -0.459 e. The van der Waals surface area contributed by atoms with Gasteiger partial charge in [0.25, 0.3) is 0 Å². The predicted octanol–water partition coefficient (Wildman–Crippen LogP) is 1.46. The number of nitrogens with zero attached hydrogens (tertiary/aromatic N) is 1. The first-order valence-electron chi connectivity index (χ1n) is 6.76. The molecule has 0 radical (unpaired) electrons. The van der Waals surface area contributed by atoms with E-state index in [9.17, 15) is 9.59 Å². The average Bonchev–Trinajstić information content (AvgIpc) is 2.47. The first kappa shape index (κ1) is 14.5. The zero-order valence-corrected chi connectivity index (χ0v) is 11.8. The van der Waals surface area contributed by atoms with Crippen LogP contribution < -0.4 is 0 Å². The van der Waals surface area contributed by atoms with Gasteiger partial charge < -0.3 is 14.4 Å². The summed E-state index contributed by atoms with van der Waals surface area (Å²) in [5.74, 6) is -1.38. The van der Waals surface area contributed by atoms with Crippen molar-refractivity contribution >= 4 is 11.9 Å². The Morgan fingerprint density at radius 3 is 2.70 bits per heavy atom. The van der Waals surface area contributed by atoms with Crippen LogP contribution in [0.2, 0.25) is 0 Å². The monoisotopic (exact) mass is 277 g/mol. The molecule has 20 heavy (non-hydrogen) atoms. The van der Waals surface area contributed by atoms with E-state index in [0.717, 1.165) is 5.56 Å². The maximum atomic E-state index is 11.9. The van der Waals surface area contributed by atoms with Gasteiger partial charge in [0.15, 0.2) is 0 Å². The normalized spacial score (nSPS) is 18.7. The molecule has 0 aromatic heterocycles. The Bertz CT molecular complexity index is 483. The lowest BCUT2D eigenvalue weighted by Gasteiger charge is -2.32. The third-order valence-electron chi connectivity index (χ3n) is 3.25. The van der Waals surface area contributed by atoms with Gasteiger partial charge in [0.2, 0.25) is 0 Å². The van der Waals surface area contributed by atoms with Crippen LogP contribution in [0.3, 0.4) is 0 Å². The first-order valence-corrected chi connectivity index (χ1v) is 6.76. The summed E-state index contributed by atoms with van der Waals surface area (Å²) in [6.45, 7) is 5.11. The molecule has 0 N–H and O–H groups in total. The summed E-state index contributed by atoms with van der Waals surface area (Å²) >= 11 is 0. The Hall–Kier alpha value is -1.88. The third-order valence-corrected chi connectivity index (χ3v) is 3.25. The second kappa shape index (κ2) is 6.52. The Labute approximate surface area is 118 Å². The molecular weight excluding hydrogens is 258 g/mol. The van der Waals surface area contributed by atoms with Crippen molar-refractivity contribution in [3.05, 3.63) is 35.4 Å². The van der Waals surface area contributed by atoms with E-state index in [2.05, 4.69) is 0 Å². The molecule has 1 aromatic rings. The van der Waals surface area contributed by atoms with Gasteiger partial charge in [-0.3, -0.25) is 4.79 Å². The molecule has 1 unspecified atom stereocenters. The maximum Gasteiger partial charge on any atom is 0.397 e. The number of carbonyl (C=O) groups is 2. The summed E-state index contributed by atoms with van der Waals surface area (Å²) in [4.78, 5) is 24.9. The molecule has 5 heteroatoms. The Balaban J connectivity index is 2.03. The standard InChI is InChI=1S/C15H19NO4/c1-3-19-15(18)14(17)16-8-9-20-13(10-16)12-6-4-11(2)5-7-12/h4-7,13H,3,8-10H2,1-2H3. The van der Waals surface area contributed by atoms with Crippen LogP contribution in [0.1, 0.15) is 24.2 Å². The summed E-state index contributed by atoms with van der Waals surface area (Å²) in [6, 6.07) is 7.98. The second-order valence-electron chi connectivity index (χ2n) is 4.74. The lowest BCUT2D eigenvalue weighted by atomic mass is 10.1. The smallest absolute Gasteiger partial charge is 0.397 e. The molecule has 0 spiro atoms. The van der Waals surface area contributed by atoms with Crippen molar-refractivity contribution in [1.29, 1.82) is 0 Å². The number of benzene rings is 1. The number of morpholine rings is 1. The van der Waals surface area contributed by atoms with Crippen molar-refractivity contribution in [2.24, 2.45) is 0 Å². The SMILES string of the molecule is CCOC(=O)C(=O)N1CCOC(c2ccc(C)cc2)C1. The van der Waals surface area contributed by atoms with E-state index < -0.39 is 11.9 Å². The van der Waals surface area contributed by atoms with Gasteiger partial charge in [-0.1, -0.05) is 29.8 Å². The molecule has 1 saturated heterocycles. The Kier molecular flexibility index (Phi) is 4.74. The molecule has 0 bridgehead atoms. The van der Waals surface area contributed by atoms with Gasteiger partial charge >= 0.3 is 11.9 Å². The van der Waals surface area contributed by atoms with E-state index in [1.165, 1.54) is 10.5 Å². The zero-order valence-electron chi connectivity index (χ0n) is 11.8. The molecule has 1 aliphatic rings. The molecule has 0 aliphatic carbocycles. The highest BCUT2D eigenvalue weighted by molar-refractivity contribution is 6.32. The van der Waals surface area contributed by atoms with Crippen molar-refractivity contribution in [1.82, 2.24) is 4.90 Å². The number of ether oxygens (including phenoxy) is 2. The van der Waals surface area contributed by atoms with E-state index in [0.29, 0.717) is 19.7 Å². The van der Waals surface area contributed by atoms with Gasteiger partial charge in [0, 0.05) is 6.54 Å². The first-order chi connectivity index (χ1) is 9.61. The van der Waals surface area contributed by atoms with Crippen molar-refractivity contribution in [3.63, 3.8) is 0 Å². The van der Waals surface area contributed by atoms with Crippen LogP contribution in [-0.2, 0) is 19.1 Å². The predicted molar refractivity (Wildman–Crippen MR) is 73.1 cm³/mol. The summed E-state index contributed by atoms with van der Waals surface area (Å²) < 4.78 is 10.4. The maximum absolute atomic E-state index is 11.9. The molecular formula is C15H19NO4. The number of hydrogen-bond donors (Lipinski definition) is 0. The van der Waals surface area contributed by atoms with Crippen molar-refractivity contribution in [2.45, 2.75) is 20.0 Å². The number of esters is 1. The lowest BCUT2D eigenvalue weighted by Crippen LogP contribution is -2.45. The fraction of sp³-hybridized carbons (Fsp3) is 0.467. The second-order valence-corrected chi connectivity index (χ2v) is 4.74. The summed E-state index contributed by atoms with van der Waals surface area (Å²) in [5.41, 5.74) is 2.18. The number of rotatable bonds is 2. The van der Waals surface area contributed by atoms with E-state index in [-0.39, 0.29) is 12.7 Å². The molecule has 1 aliphatic heterocycles. The summed E-state index contributed by atoms with van der Waals surface area (Å²) in [6.07, 6.45) is -0.192. The van der Waals surface area contributed by atoms with Gasteiger partial charge in [-0.15, -0.1) is 0 Å². The van der Waals surface area contributed by atoms with Gasteiger partial charge in [0.05, 0.1) is 19.8 Å². The van der Waals surface area contributed by atoms with E-state index in [1.54, 1.807) is 6.92 Å². The lowest BCUT2D eigenvalue weighted by molar-refractivity contribution is -0.163. The number of amides is 1. The number of aryl methyl sites for hydroxylation is 1. The highest BCUT2D eigenvalue weighted by Gasteiger charge is 2.29. The molecule has 108 valence electrons. The van der Waals surface area contributed by atoms with Crippen LogP contribution in [0.4, 0.5) is 0 Å². The van der Waals surface area contributed by atoms with E-state index in [4.69, 9.17) is 9.47 Å². The van der Waals surface area contributed by atoms with Crippen LogP contribution in [-0.4, -0.2) is 43.1 Å². The largest absolute Gasteiger partial charge is 0.459 e. The van der Waals surface area contributed by atoms with Crippen LogP contribution >= 0.6 is 0 Å². The zero-order chi connectivity index (χ0) is 14.5. The van der Waals surface area contributed by atoms with Crippen molar-refractivity contribution in [3.8, 4) is 0 Å². The highest BCUT2D eigenvalue weighted by Crippen LogP contribution is 2.22. The van der Waals surface area contributed by atoms with Crippen LogP contribution in [0.25, 0.3) is 0 Å². The van der Waals surface area contributed by atoms with Crippen molar-refractivity contribution in [2.75, 3.05) is 26.3 Å². The van der Waals surface area contributed by atoms with Crippen LogP contribution in [0.5, 0.6) is 0 Å². The average molecular weight is 277 g/mol. The number of hydrogen-bond acceptors (Lipinski definition) is 4. The summed E-state index contributed by atoms with van der Waals surface area (Å²) in [5, 5.41) is 0. The van der Waals surface area contributed by atoms with Crippen molar-refractivity contribution < 1.29 is 19.1 Å². The topological polar surface area (TPSA) is 55.8 Å². The van der Waals surface area contributed by atoms with Crippen LogP contribution in [0.15, 0.2) is 24.3 Å². The fourth-order valence-corrected chi connectivity index (χ4v) is 2.14. The number of carbonyl (C=O) groups excluding carboxylic acids is 2. The Morgan fingerprint density at radius 1 is 1.35 bits per heavy atom. The van der Waals surface area contributed by atoms with Gasteiger partial charge in [-0.05, 0) is 19.4 Å². The molecule has 2 rings (SSSR count). The molecule has 1 fully saturated rings.